The molecule has 1 aromatic carbocycles. The molecule has 1 aromatic rings. The van der Waals surface area contributed by atoms with E-state index in [4.69, 9.17) is 10.5 Å². The van der Waals surface area contributed by atoms with Crippen LogP contribution < -0.4 is 15.4 Å². The van der Waals surface area contributed by atoms with E-state index in [0.29, 0.717) is 5.92 Å². The van der Waals surface area contributed by atoms with E-state index in [1.807, 2.05) is 18.2 Å². The molecular weight excluding hydrogens is 200 g/mol. The number of rotatable bonds is 2. The second kappa shape index (κ2) is 4.24. The number of hydrogen-bond acceptors (Lipinski definition) is 3. The van der Waals surface area contributed by atoms with Crippen LogP contribution in [0.15, 0.2) is 18.2 Å². The van der Waals surface area contributed by atoms with Crippen LogP contribution in [0, 0.1) is 5.92 Å². The molecule has 2 N–H and O–H groups in total. The van der Waals surface area contributed by atoms with E-state index in [2.05, 4.69) is 25.7 Å². The Bertz CT molecular complexity index is 376. The normalized spacial score (nSPS) is 19.5. The summed E-state index contributed by atoms with van der Waals surface area (Å²) in [7, 11) is 0. The van der Waals surface area contributed by atoms with Crippen molar-refractivity contribution in [3.8, 4) is 5.75 Å². The van der Waals surface area contributed by atoms with Crippen molar-refractivity contribution in [3.05, 3.63) is 18.2 Å². The zero-order valence-electron chi connectivity index (χ0n) is 10.2. The Labute approximate surface area is 97.2 Å². The Morgan fingerprint density at radius 3 is 2.88 bits per heavy atom. The van der Waals surface area contributed by atoms with E-state index in [0.717, 1.165) is 30.2 Å². The van der Waals surface area contributed by atoms with Gasteiger partial charge in [-0.15, -0.1) is 0 Å². The number of fused-ring (bicyclic) bond motifs is 1. The molecule has 0 aromatic heterocycles. The molecule has 0 radical (unpaired) electrons. The van der Waals surface area contributed by atoms with E-state index in [-0.39, 0.29) is 6.10 Å². The van der Waals surface area contributed by atoms with Gasteiger partial charge in [0, 0.05) is 6.54 Å². The first-order valence-corrected chi connectivity index (χ1v) is 5.93. The summed E-state index contributed by atoms with van der Waals surface area (Å²) in [6, 6.07) is 5.88. The summed E-state index contributed by atoms with van der Waals surface area (Å²) >= 11 is 0. The van der Waals surface area contributed by atoms with Crippen molar-refractivity contribution in [3.63, 3.8) is 0 Å². The number of nitrogens with zero attached hydrogens (tertiary/aromatic N) is 1. The first-order valence-electron chi connectivity index (χ1n) is 5.93. The number of nitrogens with two attached hydrogens (primary N) is 1. The standard InChI is InChI=1S/C13H20N2O/c1-4-15-8-12(9(2)3)16-11-7-5-6-10(14)13(11)15/h5-7,9,12H,4,8,14H2,1-3H3. The van der Waals surface area contributed by atoms with Gasteiger partial charge in [0.1, 0.15) is 17.5 Å². The fourth-order valence-corrected chi connectivity index (χ4v) is 2.12. The van der Waals surface area contributed by atoms with Crippen LogP contribution in [-0.4, -0.2) is 19.2 Å². The van der Waals surface area contributed by atoms with E-state index >= 15 is 0 Å². The van der Waals surface area contributed by atoms with Crippen LogP contribution in [0.1, 0.15) is 20.8 Å². The third-order valence-electron chi connectivity index (χ3n) is 3.15. The SMILES string of the molecule is CCN1CC(C(C)C)Oc2cccc(N)c21. The largest absolute Gasteiger partial charge is 0.486 e. The average Bonchev–Trinajstić information content (AvgIpc) is 2.27. The van der Waals surface area contributed by atoms with E-state index in [1.165, 1.54) is 0 Å². The summed E-state index contributed by atoms with van der Waals surface area (Å²) in [5.74, 6) is 1.44. The maximum atomic E-state index is 6.01. The van der Waals surface area contributed by atoms with Gasteiger partial charge in [0.15, 0.2) is 0 Å². The van der Waals surface area contributed by atoms with Gasteiger partial charge in [0.25, 0.3) is 0 Å². The van der Waals surface area contributed by atoms with Crippen molar-refractivity contribution >= 4 is 11.4 Å². The Kier molecular flexibility index (Phi) is 2.95. The van der Waals surface area contributed by atoms with Crippen LogP contribution in [0.4, 0.5) is 11.4 Å². The zero-order chi connectivity index (χ0) is 11.7. The van der Waals surface area contributed by atoms with Crippen LogP contribution in [-0.2, 0) is 0 Å². The van der Waals surface area contributed by atoms with Gasteiger partial charge in [-0.1, -0.05) is 19.9 Å². The molecule has 0 bridgehead atoms. The molecule has 3 nitrogen and oxygen atoms in total. The fraction of sp³-hybridized carbons (Fsp3) is 0.538. The Hall–Kier alpha value is -1.38. The molecule has 1 atom stereocenters. The predicted octanol–water partition coefficient (Wildman–Crippen LogP) is 2.51. The van der Waals surface area contributed by atoms with Gasteiger partial charge in [-0.3, -0.25) is 0 Å². The molecule has 1 aliphatic rings. The topological polar surface area (TPSA) is 38.5 Å². The summed E-state index contributed by atoms with van der Waals surface area (Å²) in [6.45, 7) is 8.42. The maximum Gasteiger partial charge on any atom is 0.145 e. The number of nitrogen functional groups attached to an aromatic ring is 1. The first kappa shape index (κ1) is 11.1. The quantitative estimate of drug-likeness (QED) is 0.778. The smallest absolute Gasteiger partial charge is 0.145 e. The number of para-hydroxylation sites is 1. The summed E-state index contributed by atoms with van der Waals surface area (Å²) in [4.78, 5) is 2.30. The van der Waals surface area contributed by atoms with Crippen LogP contribution in [0.3, 0.4) is 0 Å². The van der Waals surface area contributed by atoms with Crippen molar-refractivity contribution in [2.24, 2.45) is 5.92 Å². The molecule has 88 valence electrons. The van der Waals surface area contributed by atoms with E-state index in [9.17, 15) is 0 Å². The number of hydrogen-bond donors (Lipinski definition) is 1. The number of ether oxygens (including phenoxy) is 1. The molecule has 0 saturated carbocycles. The average molecular weight is 220 g/mol. The lowest BCUT2D eigenvalue weighted by atomic mass is 10.0. The van der Waals surface area contributed by atoms with E-state index in [1.54, 1.807) is 0 Å². The maximum absolute atomic E-state index is 6.01. The highest BCUT2D eigenvalue weighted by atomic mass is 16.5. The summed E-state index contributed by atoms with van der Waals surface area (Å²) in [5, 5.41) is 0. The summed E-state index contributed by atoms with van der Waals surface area (Å²) in [6.07, 6.45) is 0.259. The molecule has 0 saturated heterocycles. The highest BCUT2D eigenvalue weighted by molar-refractivity contribution is 5.75. The van der Waals surface area contributed by atoms with Crippen molar-refractivity contribution < 1.29 is 4.74 Å². The molecule has 0 aliphatic carbocycles. The van der Waals surface area contributed by atoms with Gasteiger partial charge in [-0.2, -0.15) is 0 Å². The Morgan fingerprint density at radius 1 is 1.50 bits per heavy atom. The summed E-state index contributed by atoms with van der Waals surface area (Å²) < 4.78 is 5.98. The third kappa shape index (κ3) is 1.82. The molecule has 0 spiro atoms. The van der Waals surface area contributed by atoms with Crippen LogP contribution in [0.5, 0.6) is 5.75 Å². The molecule has 1 unspecified atom stereocenters. The molecule has 1 aliphatic heterocycles. The van der Waals surface area contributed by atoms with Crippen LogP contribution in [0.25, 0.3) is 0 Å². The highest BCUT2D eigenvalue weighted by Gasteiger charge is 2.28. The van der Waals surface area contributed by atoms with E-state index < -0.39 is 0 Å². The number of anilines is 2. The Balaban J connectivity index is 2.38. The van der Waals surface area contributed by atoms with Gasteiger partial charge < -0.3 is 15.4 Å². The van der Waals surface area contributed by atoms with Crippen LogP contribution in [0.2, 0.25) is 0 Å². The molecule has 16 heavy (non-hydrogen) atoms. The van der Waals surface area contributed by atoms with Gasteiger partial charge in [0.2, 0.25) is 0 Å². The second-order valence-electron chi connectivity index (χ2n) is 4.63. The van der Waals surface area contributed by atoms with Crippen molar-refractivity contribution in [1.29, 1.82) is 0 Å². The van der Waals surface area contributed by atoms with Gasteiger partial charge in [-0.05, 0) is 25.0 Å². The van der Waals surface area contributed by atoms with Crippen molar-refractivity contribution in [2.75, 3.05) is 23.7 Å². The third-order valence-corrected chi connectivity index (χ3v) is 3.15. The van der Waals surface area contributed by atoms with Crippen molar-refractivity contribution in [2.45, 2.75) is 26.9 Å². The molecule has 2 rings (SSSR count). The predicted molar refractivity (Wildman–Crippen MR) is 68.0 cm³/mol. The highest BCUT2D eigenvalue weighted by Crippen LogP contribution is 2.39. The molecule has 1 heterocycles. The lowest BCUT2D eigenvalue weighted by Gasteiger charge is -2.38. The lowest BCUT2D eigenvalue weighted by Crippen LogP contribution is -2.43. The molecule has 3 heteroatoms. The fourth-order valence-electron chi connectivity index (χ4n) is 2.12. The number of likely N-dealkylation sites (N-methyl/N-ethyl adjacent to an activating group) is 1. The number of benzene rings is 1. The van der Waals surface area contributed by atoms with Crippen LogP contribution >= 0.6 is 0 Å². The minimum Gasteiger partial charge on any atom is -0.486 e. The minimum absolute atomic E-state index is 0.259. The van der Waals surface area contributed by atoms with Gasteiger partial charge >= 0.3 is 0 Å². The first-order chi connectivity index (χ1) is 7.63. The summed E-state index contributed by atoms with van der Waals surface area (Å²) in [5.41, 5.74) is 7.87. The van der Waals surface area contributed by atoms with Gasteiger partial charge in [-0.25, -0.2) is 0 Å². The monoisotopic (exact) mass is 220 g/mol. The molecule has 0 amide bonds. The zero-order valence-corrected chi connectivity index (χ0v) is 10.2. The molecule has 0 fully saturated rings. The van der Waals surface area contributed by atoms with Gasteiger partial charge in [0.05, 0.1) is 12.2 Å². The van der Waals surface area contributed by atoms with Crippen molar-refractivity contribution in [1.82, 2.24) is 0 Å². The lowest BCUT2D eigenvalue weighted by molar-refractivity contribution is 0.146. The minimum atomic E-state index is 0.259. The molecular formula is C13H20N2O. The Morgan fingerprint density at radius 2 is 2.25 bits per heavy atom. The second-order valence-corrected chi connectivity index (χ2v) is 4.63.